The Kier molecular flexibility index (Phi) is 5.17. The minimum Gasteiger partial charge on any atom is -0.481 e. The Hall–Kier alpha value is -1.06. The summed E-state index contributed by atoms with van der Waals surface area (Å²) in [4.78, 5) is 22.9. The van der Waals surface area contributed by atoms with Gasteiger partial charge in [0, 0.05) is 12.5 Å². The normalized spacial score (nSPS) is 24.6. The molecule has 1 aliphatic rings. The molecule has 0 heterocycles. The summed E-state index contributed by atoms with van der Waals surface area (Å²) in [5.74, 6) is -0.00160. The van der Waals surface area contributed by atoms with E-state index in [9.17, 15) is 9.59 Å². The van der Waals surface area contributed by atoms with Crippen LogP contribution in [0.2, 0.25) is 0 Å². The minimum atomic E-state index is -0.893. The molecule has 0 saturated heterocycles. The van der Waals surface area contributed by atoms with Crippen molar-refractivity contribution in [3.8, 4) is 0 Å². The summed E-state index contributed by atoms with van der Waals surface area (Å²) in [5, 5.41) is 11.8. The van der Waals surface area contributed by atoms with Crippen molar-refractivity contribution in [1.82, 2.24) is 5.32 Å². The lowest BCUT2D eigenvalue weighted by Gasteiger charge is -2.28. The molecule has 18 heavy (non-hydrogen) atoms. The number of carboxylic acid groups (broad SMARTS) is 1. The highest BCUT2D eigenvalue weighted by molar-refractivity contribution is 5.80. The van der Waals surface area contributed by atoms with E-state index in [1.807, 2.05) is 0 Å². The molecule has 0 aromatic heterocycles. The van der Waals surface area contributed by atoms with E-state index in [-0.39, 0.29) is 18.4 Å². The number of rotatable bonds is 5. The van der Waals surface area contributed by atoms with Gasteiger partial charge in [0.15, 0.2) is 0 Å². The summed E-state index contributed by atoms with van der Waals surface area (Å²) >= 11 is 0. The van der Waals surface area contributed by atoms with Crippen molar-refractivity contribution in [3.05, 3.63) is 0 Å². The van der Waals surface area contributed by atoms with Gasteiger partial charge < -0.3 is 10.4 Å². The second kappa shape index (κ2) is 6.21. The third-order valence-electron chi connectivity index (χ3n) is 4.08. The Morgan fingerprint density at radius 1 is 1.22 bits per heavy atom. The van der Waals surface area contributed by atoms with Gasteiger partial charge in [-0.15, -0.1) is 0 Å². The second-order valence-electron chi connectivity index (χ2n) is 6.03. The van der Waals surface area contributed by atoms with Crippen molar-refractivity contribution >= 4 is 11.9 Å². The molecule has 0 aliphatic heterocycles. The van der Waals surface area contributed by atoms with Crippen LogP contribution in [-0.2, 0) is 9.59 Å². The molecule has 0 radical (unpaired) electrons. The number of amides is 1. The Morgan fingerprint density at radius 2 is 1.78 bits per heavy atom. The molecule has 0 bridgehead atoms. The Labute approximate surface area is 109 Å². The fourth-order valence-corrected chi connectivity index (χ4v) is 2.36. The van der Waals surface area contributed by atoms with Crippen LogP contribution in [0, 0.1) is 17.3 Å². The van der Waals surface area contributed by atoms with Crippen LogP contribution in [0.1, 0.15) is 52.9 Å². The monoisotopic (exact) mass is 255 g/mol. The first-order chi connectivity index (χ1) is 8.36. The maximum Gasteiger partial charge on any atom is 0.310 e. The average molecular weight is 255 g/mol. The van der Waals surface area contributed by atoms with Crippen LogP contribution in [0.25, 0.3) is 0 Å². The quantitative estimate of drug-likeness (QED) is 0.793. The third-order valence-corrected chi connectivity index (χ3v) is 4.08. The molecule has 2 N–H and O–H groups in total. The molecule has 1 saturated carbocycles. The lowest BCUT2D eigenvalue weighted by molar-refractivity contribution is -0.146. The number of hydrogen-bond acceptors (Lipinski definition) is 2. The number of hydrogen-bond donors (Lipinski definition) is 2. The number of nitrogens with one attached hydrogen (secondary N) is 1. The van der Waals surface area contributed by atoms with Crippen molar-refractivity contribution in [2.24, 2.45) is 17.3 Å². The second-order valence-corrected chi connectivity index (χ2v) is 6.03. The number of carbonyl (C=O) groups excluding carboxylic acids is 1. The topological polar surface area (TPSA) is 66.4 Å². The van der Waals surface area contributed by atoms with Crippen LogP contribution in [0.5, 0.6) is 0 Å². The molecular weight excluding hydrogens is 230 g/mol. The molecule has 4 heteroatoms. The van der Waals surface area contributed by atoms with Crippen molar-refractivity contribution < 1.29 is 14.7 Å². The van der Waals surface area contributed by atoms with Crippen molar-refractivity contribution in [1.29, 1.82) is 0 Å². The smallest absolute Gasteiger partial charge is 0.310 e. The molecule has 104 valence electrons. The predicted octanol–water partition coefficient (Wildman–Crippen LogP) is 2.43. The van der Waals surface area contributed by atoms with Gasteiger partial charge >= 0.3 is 5.97 Å². The van der Waals surface area contributed by atoms with Crippen LogP contribution in [0.3, 0.4) is 0 Å². The first-order valence-electron chi connectivity index (χ1n) is 6.88. The maximum atomic E-state index is 12.0. The Bertz CT molecular complexity index is 304. The van der Waals surface area contributed by atoms with Gasteiger partial charge in [0.25, 0.3) is 0 Å². The maximum absolute atomic E-state index is 12.0. The van der Waals surface area contributed by atoms with Crippen LogP contribution >= 0.6 is 0 Å². The van der Waals surface area contributed by atoms with Crippen molar-refractivity contribution in [3.63, 3.8) is 0 Å². The molecule has 1 amide bonds. The molecule has 0 aromatic carbocycles. The van der Waals surface area contributed by atoms with E-state index >= 15 is 0 Å². The Morgan fingerprint density at radius 3 is 2.22 bits per heavy atom. The van der Waals surface area contributed by atoms with Crippen LogP contribution < -0.4 is 5.32 Å². The molecule has 0 spiro atoms. The third kappa shape index (κ3) is 4.00. The summed E-state index contributed by atoms with van der Waals surface area (Å²) < 4.78 is 0. The standard InChI is InChI=1S/C14H25NO3/c1-4-10-5-7-11(8-6-10)12(16)15-9-14(2,3)13(17)18/h10-11H,4-9H2,1-3H3,(H,15,16)(H,17,18). The molecule has 0 aromatic rings. The SMILES string of the molecule is CCC1CCC(C(=O)NCC(C)(C)C(=O)O)CC1. The van der Waals surface area contributed by atoms with Crippen LogP contribution in [-0.4, -0.2) is 23.5 Å². The largest absolute Gasteiger partial charge is 0.481 e. The summed E-state index contributed by atoms with van der Waals surface area (Å²) in [6.45, 7) is 5.66. The summed E-state index contributed by atoms with van der Waals surface area (Å²) in [5.41, 5.74) is -0.893. The predicted molar refractivity (Wildman–Crippen MR) is 70.2 cm³/mol. The van der Waals surface area contributed by atoms with Gasteiger partial charge in [0.2, 0.25) is 5.91 Å². The average Bonchev–Trinajstić information content (AvgIpc) is 2.36. The molecule has 1 rings (SSSR count). The minimum absolute atomic E-state index is 0.0267. The van der Waals surface area contributed by atoms with Gasteiger partial charge in [-0.3, -0.25) is 9.59 Å². The molecule has 0 unspecified atom stereocenters. The molecule has 0 atom stereocenters. The van der Waals surface area contributed by atoms with E-state index in [1.54, 1.807) is 13.8 Å². The summed E-state index contributed by atoms with van der Waals surface area (Å²) in [7, 11) is 0. The first-order valence-corrected chi connectivity index (χ1v) is 6.88. The van der Waals surface area contributed by atoms with Crippen molar-refractivity contribution in [2.45, 2.75) is 52.9 Å². The summed E-state index contributed by atoms with van der Waals surface area (Å²) in [6.07, 6.45) is 5.32. The molecule has 1 aliphatic carbocycles. The van der Waals surface area contributed by atoms with Gasteiger partial charge in [-0.05, 0) is 45.4 Å². The van der Waals surface area contributed by atoms with Crippen LogP contribution in [0.15, 0.2) is 0 Å². The van der Waals surface area contributed by atoms with E-state index in [2.05, 4.69) is 12.2 Å². The number of carbonyl (C=O) groups is 2. The number of carboxylic acids is 1. The van der Waals surface area contributed by atoms with E-state index in [0.29, 0.717) is 0 Å². The molecule has 1 fully saturated rings. The highest BCUT2D eigenvalue weighted by Gasteiger charge is 2.30. The molecular formula is C14H25NO3. The van der Waals surface area contributed by atoms with E-state index in [4.69, 9.17) is 5.11 Å². The van der Waals surface area contributed by atoms with Gasteiger partial charge in [0.1, 0.15) is 0 Å². The zero-order valence-corrected chi connectivity index (χ0v) is 11.7. The fraction of sp³-hybridized carbons (Fsp3) is 0.857. The number of aliphatic carboxylic acids is 1. The van der Waals surface area contributed by atoms with E-state index < -0.39 is 11.4 Å². The van der Waals surface area contributed by atoms with Gasteiger partial charge in [0.05, 0.1) is 5.41 Å². The van der Waals surface area contributed by atoms with Gasteiger partial charge in [-0.1, -0.05) is 13.3 Å². The molecule has 4 nitrogen and oxygen atoms in total. The zero-order valence-electron chi connectivity index (χ0n) is 11.7. The summed E-state index contributed by atoms with van der Waals surface area (Å²) in [6, 6.07) is 0. The Balaban J connectivity index is 2.36. The van der Waals surface area contributed by atoms with Gasteiger partial charge in [-0.2, -0.15) is 0 Å². The highest BCUT2D eigenvalue weighted by atomic mass is 16.4. The van der Waals surface area contributed by atoms with Gasteiger partial charge in [-0.25, -0.2) is 0 Å². The first kappa shape index (κ1) is 15.0. The van der Waals surface area contributed by atoms with Crippen molar-refractivity contribution in [2.75, 3.05) is 6.54 Å². The van der Waals surface area contributed by atoms with Crippen LogP contribution in [0.4, 0.5) is 0 Å². The van der Waals surface area contributed by atoms with E-state index in [1.165, 1.54) is 6.42 Å². The van der Waals surface area contributed by atoms with E-state index in [0.717, 1.165) is 31.6 Å². The zero-order chi connectivity index (χ0) is 13.8. The highest BCUT2D eigenvalue weighted by Crippen LogP contribution is 2.30. The lowest BCUT2D eigenvalue weighted by atomic mass is 9.80. The lowest BCUT2D eigenvalue weighted by Crippen LogP contribution is -2.42. The fourth-order valence-electron chi connectivity index (χ4n) is 2.36.